The van der Waals surface area contributed by atoms with E-state index >= 15 is 0 Å². The molecule has 6 nitrogen and oxygen atoms in total. The highest BCUT2D eigenvalue weighted by molar-refractivity contribution is 6.00. The second kappa shape index (κ2) is 7.06. The normalized spacial score (nSPS) is 11.9. The summed E-state index contributed by atoms with van der Waals surface area (Å²) in [6.07, 6.45) is 0. The summed E-state index contributed by atoms with van der Waals surface area (Å²) in [5.41, 5.74) is 1.80. The molecule has 0 unspecified atom stereocenters. The van der Waals surface area contributed by atoms with E-state index in [9.17, 15) is 9.90 Å². The number of nitrogens with zero attached hydrogens (tertiary/aromatic N) is 2. The second-order valence-electron chi connectivity index (χ2n) is 5.29. The molecule has 0 radical (unpaired) electrons. The Hall–Kier alpha value is -2.99. The maximum atomic E-state index is 12.7. The van der Waals surface area contributed by atoms with E-state index in [2.05, 4.69) is 15.5 Å². The number of hydrogen-bond acceptors (Lipinski definition) is 5. The first-order valence-electron chi connectivity index (χ1n) is 7.55. The number of aliphatic hydroxyl groups excluding tert-OH is 1. The van der Waals surface area contributed by atoms with Crippen LogP contribution in [0.4, 0.5) is 0 Å². The minimum absolute atomic E-state index is 0.197. The van der Waals surface area contributed by atoms with Crippen molar-refractivity contribution < 1.29 is 14.3 Å². The first-order valence-corrected chi connectivity index (χ1v) is 7.55. The third-order valence-electron chi connectivity index (χ3n) is 3.62. The Labute approximate surface area is 139 Å². The number of rotatable bonds is 5. The topological polar surface area (TPSA) is 88.2 Å². The number of aromatic nitrogens is 2. The molecule has 122 valence electrons. The van der Waals surface area contributed by atoms with Gasteiger partial charge in [-0.1, -0.05) is 42.5 Å². The quantitative estimate of drug-likeness (QED) is 0.753. The minimum Gasteiger partial charge on any atom is -0.421 e. The van der Waals surface area contributed by atoms with Crippen LogP contribution in [0.1, 0.15) is 27.9 Å². The Morgan fingerprint density at radius 3 is 2.50 bits per heavy atom. The lowest BCUT2D eigenvalue weighted by atomic mass is 10.0. The maximum absolute atomic E-state index is 12.7. The van der Waals surface area contributed by atoms with Crippen molar-refractivity contribution in [3.63, 3.8) is 0 Å². The third-order valence-corrected chi connectivity index (χ3v) is 3.62. The summed E-state index contributed by atoms with van der Waals surface area (Å²) in [5.74, 6) is 0.403. The van der Waals surface area contributed by atoms with Gasteiger partial charge in [0.25, 0.3) is 5.91 Å². The van der Waals surface area contributed by atoms with Crippen LogP contribution in [0.2, 0.25) is 0 Å². The summed E-state index contributed by atoms with van der Waals surface area (Å²) >= 11 is 0. The molecule has 0 aliphatic rings. The molecule has 0 spiro atoms. The first-order chi connectivity index (χ1) is 11.7. The van der Waals surface area contributed by atoms with Crippen LogP contribution in [0.15, 0.2) is 59.0 Å². The van der Waals surface area contributed by atoms with E-state index < -0.39 is 6.04 Å². The Bertz CT molecular complexity index is 830. The molecule has 0 saturated heterocycles. The molecule has 1 aromatic heterocycles. The largest absolute Gasteiger partial charge is 0.421 e. The number of benzene rings is 2. The van der Waals surface area contributed by atoms with Gasteiger partial charge in [-0.2, -0.15) is 0 Å². The zero-order valence-corrected chi connectivity index (χ0v) is 13.1. The summed E-state index contributed by atoms with van der Waals surface area (Å²) in [6.45, 7) is 1.49. The summed E-state index contributed by atoms with van der Waals surface area (Å²) in [4.78, 5) is 12.7. The van der Waals surface area contributed by atoms with Gasteiger partial charge in [0.2, 0.25) is 11.8 Å². The highest BCUT2D eigenvalue weighted by atomic mass is 16.4. The van der Waals surface area contributed by atoms with Crippen molar-refractivity contribution in [2.45, 2.75) is 13.0 Å². The number of nitrogens with one attached hydrogen (secondary N) is 1. The minimum atomic E-state index is -0.490. The van der Waals surface area contributed by atoms with Gasteiger partial charge in [-0.15, -0.1) is 10.2 Å². The second-order valence-corrected chi connectivity index (χ2v) is 5.29. The van der Waals surface area contributed by atoms with Gasteiger partial charge < -0.3 is 14.8 Å². The molecule has 24 heavy (non-hydrogen) atoms. The van der Waals surface area contributed by atoms with Gasteiger partial charge >= 0.3 is 0 Å². The lowest BCUT2D eigenvalue weighted by molar-refractivity contribution is 0.0916. The van der Waals surface area contributed by atoms with Crippen molar-refractivity contribution >= 4 is 5.91 Å². The molecule has 0 saturated carbocycles. The van der Waals surface area contributed by atoms with Gasteiger partial charge in [-0.25, -0.2) is 0 Å². The van der Waals surface area contributed by atoms with E-state index in [0.717, 1.165) is 5.56 Å². The van der Waals surface area contributed by atoms with E-state index in [-0.39, 0.29) is 12.5 Å². The Morgan fingerprint density at radius 2 is 1.83 bits per heavy atom. The van der Waals surface area contributed by atoms with Crippen LogP contribution in [-0.2, 0) is 0 Å². The molecular formula is C18H17N3O3. The Morgan fingerprint density at radius 1 is 1.12 bits per heavy atom. The van der Waals surface area contributed by atoms with E-state index in [0.29, 0.717) is 22.9 Å². The average Bonchev–Trinajstić information content (AvgIpc) is 3.06. The molecule has 1 atom stereocenters. The van der Waals surface area contributed by atoms with Crippen molar-refractivity contribution in [1.82, 2.24) is 15.5 Å². The fourth-order valence-corrected chi connectivity index (χ4v) is 2.43. The highest BCUT2D eigenvalue weighted by Gasteiger charge is 2.19. The van der Waals surface area contributed by atoms with E-state index in [1.165, 1.54) is 0 Å². The van der Waals surface area contributed by atoms with Crippen LogP contribution in [0.5, 0.6) is 0 Å². The lowest BCUT2D eigenvalue weighted by Gasteiger charge is -2.17. The third kappa shape index (κ3) is 3.33. The van der Waals surface area contributed by atoms with Crippen LogP contribution >= 0.6 is 0 Å². The molecule has 6 heteroatoms. The summed E-state index contributed by atoms with van der Waals surface area (Å²) in [5, 5.41) is 20.2. The number of hydrogen-bond donors (Lipinski definition) is 2. The molecule has 2 N–H and O–H groups in total. The molecule has 1 heterocycles. The Kier molecular flexibility index (Phi) is 4.67. The fourth-order valence-electron chi connectivity index (χ4n) is 2.43. The van der Waals surface area contributed by atoms with Gasteiger partial charge in [-0.3, -0.25) is 4.79 Å². The van der Waals surface area contributed by atoms with Crippen LogP contribution in [0.25, 0.3) is 11.5 Å². The SMILES string of the molecule is Cc1nnc(-c2ccccc2C(=O)N[C@H](CO)c2ccccc2)o1. The van der Waals surface area contributed by atoms with Crippen molar-refractivity contribution in [2.24, 2.45) is 0 Å². The summed E-state index contributed by atoms with van der Waals surface area (Å²) in [7, 11) is 0. The summed E-state index contributed by atoms with van der Waals surface area (Å²) in [6, 6.07) is 15.8. The van der Waals surface area contributed by atoms with E-state index in [4.69, 9.17) is 4.42 Å². The molecule has 2 aromatic carbocycles. The van der Waals surface area contributed by atoms with E-state index in [1.807, 2.05) is 30.3 Å². The van der Waals surface area contributed by atoms with Crippen molar-refractivity contribution in [2.75, 3.05) is 6.61 Å². The molecular weight excluding hydrogens is 306 g/mol. The van der Waals surface area contributed by atoms with Gasteiger partial charge in [0, 0.05) is 6.92 Å². The van der Waals surface area contributed by atoms with Crippen LogP contribution in [0, 0.1) is 6.92 Å². The number of carbonyl (C=O) groups excluding carboxylic acids is 1. The predicted molar refractivity (Wildman–Crippen MR) is 88.2 cm³/mol. The molecule has 0 aliphatic heterocycles. The standard InChI is InChI=1S/C18H17N3O3/c1-12-20-21-18(24-12)15-10-6-5-9-14(15)17(23)19-16(11-22)13-7-3-2-4-8-13/h2-10,16,22H,11H2,1H3,(H,19,23)/t16-/m1/s1. The predicted octanol–water partition coefficient (Wildman–Crippen LogP) is 2.51. The van der Waals surface area contributed by atoms with Crippen molar-refractivity contribution in [1.29, 1.82) is 0 Å². The fraction of sp³-hybridized carbons (Fsp3) is 0.167. The molecule has 3 rings (SSSR count). The van der Waals surface area contributed by atoms with Gasteiger partial charge in [0.15, 0.2) is 0 Å². The number of amides is 1. The molecule has 0 bridgehead atoms. The molecule has 0 fully saturated rings. The zero-order chi connectivity index (χ0) is 16.9. The maximum Gasteiger partial charge on any atom is 0.252 e. The van der Waals surface area contributed by atoms with Crippen LogP contribution in [0.3, 0.4) is 0 Å². The van der Waals surface area contributed by atoms with Crippen LogP contribution < -0.4 is 5.32 Å². The number of aryl methyl sites for hydroxylation is 1. The average molecular weight is 323 g/mol. The van der Waals surface area contributed by atoms with Crippen LogP contribution in [-0.4, -0.2) is 27.8 Å². The number of aliphatic hydroxyl groups is 1. The monoisotopic (exact) mass is 323 g/mol. The number of carbonyl (C=O) groups is 1. The van der Waals surface area contributed by atoms with E-state index in [1.54, 1.807) is 31.2 Å². The van der Waals surface area contributed by atoms with Gasteiger partial charge in [0.1, 0.15) is 0 Å². The lowest BCUT2D eigenvalue weighted by Crippen LogP contribution is -2.31. The Balaban J connectivity index is 1.88. The van der Waals surface area contributed by atoms with Crippen molar-refractivity contribution in [3.8, 4) is 11.5 Å². The molecule has 0 aliphatic carbocycles. The first kappa shape index (κ1) is 15.9. The zero-order valence-electron chi connectivity index (χ0n) is 13.1. The molecule has 1 amide bonds. The van der Waals surface area contributed by atoms with Gasteiger partial charge in [0.05, 0.1) is 23.8 Å². The summed E-state index contributed by atoms with van der Waals surface area (Å²) < 4.78 is 5.42. The van der Waals surface area contributed by atoms with Crippen molar-refractivity contribution in [3.05, 3.63) is 71.6 Å². The highest BCUT2D eigenvalue weighted by Crippen LogP contribution is 2.23. The van der Waals surface area contributed by atoms with Gasteiger partial charge in [-0.05, 0) is 17.7 Å². The smallest absolute Gasteiger partial charge is 0.252 e. The molecule has 3 aromatic rings.